The molecule has 0 saturated carbocycles. The predicted octanol–water partition coefficient (Wildman–Crippen LogP) is 4.44. The number of anilines is 1. The highest BCUT2D eigenvalue weighted by Gasteiger charge is 2.32. The van der Waals surface area contributed by atoms with E-state index in [4.69, 9.17) is 9.84 Å². The van der Waals surface area contributed by atoms with E-state index in [0.29, 0.717) is 29.5 Å². The smallest absolute Gasteiger partial charge is 0.413 e. The van der Waals surface area contributed by atoms with Crippen molar-refractivity contribution < 1.29 is 24.2 Å². The van der Waals surface area contributed by atoms with E-state index in [1.165, 1.54) is 6.20 Å². The zero-order valence-electron chi connectivity index (χ0n) is 18.3. The third kappa shape index (κ3) is 4.38. The molecule has 1 aliphatic carbocycles. The molecule has 1 saturated heterocycles. The van der Waals surface area contributed by atoms with Crippen LogP contribution in [0.15, 0.2) is 54.7 Å². The van der Waals surface area contributed by atoms with Crippen molar-refractivity contribution >= 4 is 34.4 Å². The molecule has 9 heteroatoms. The number of benzene rings is 2. The Kier molecular flexibility index (Phi) is 6.02. The fourth-order valence-electron chi connectivity index (χ4n) is 4.55. The number of nitrogens with one attached hydrogen (secondary N) is 1. The van der Waals surface area contributed by atoms with Crippen molar-refractivity contribution in [3.8, 4) is 11.1 Å². The molecule has 1 fully saturated rings. The summed E-state index contributed by atoms with van der Waals surface area (Å²) in [5.74, 6) is -0.806. The van der Waals surface area contributed by atoms with E-state index in [0.717, 1.165) is 33.6 Å². The molecule has 8 nitrogen and oxygen atoms in total. The zero-order valence-corrected chi connectivity index (χ0v) is 19.1. The minimum atomic E-state index is -0.823. The molecule has 2 N–H and O–H groups in total. The Hall–Kier alpha value is -3.72. The molecule has 34 heavy (non-hydrogen) atoms. The largest absolute Gasteiger partial charge is 0.481 e. The molecule has 3 aromatic rings. The van der Waals surface area contributed by atoms with Gasteiger partial charge in [0, 0.05) is 25.4 Å². The summed E-state index contributed by atoms with van der Waals surface area (Å²) < 4.78 is 5.53. The van der Waals surface area contributed by atoms with Gasteiger partial charge in [-0.05, 0) is 34.6 Å². The molecule has 0 spiro atoms. The van der Waals surface area contributed by atoms with Crippen LogP contribution >= 0.6 is 11.3 Å². The normalized spacial score (nSPS) is 14.8. The maximum absolute atomic E-state index is 12.6. The molecular formula is C25H23N3O5S. The van der Waals surface area contributed by atoms with Gasteiger partial charge in [-0.25, -0.2) is 9.78 Å². The van der Waals surface area contributed by atoms with Crippen LogP contribution in [-0.2, 0) is 9.53 Å². The monoisotopic (exact) mass is 477 g/mol. The SMILES string of the molecule is O=C(O)CCC1CN(C(=O)c2cnc(NC(=O)OCC3c4ccccc4-c4ccccc43)s2)C1. The summed E-state index contributed by atoms with van der Waals surface area (Å²) in [5.41, 5.74) is 4.59. The zero-order chi connectivity index (χ0) is 23.7. The van der Waals surface area contributed by atoms with Crippen molar-refractivity contribution in [2.75, 3.05) is 25.0 Å². The van der Waals surface area contributed by atoms with Crippen molar-refractivity contribution in [2.45, 2.75) is 18.8 Å². The van der Waals surface area contributed by atoms with Crippen LogP contribution in [0.2, 0.25) is 0 Å². The van der Waals surface area contributed by atoms with Crippen LogP contribution < -0.4 is 5.32 Å². The molecule has 2 aliphatic rings. The summed E-state index contributed by atoms with van der Waals surface area (Å²) in [6.45, 7) is 1.28. The Balaban J connectivity index is 1.15. The van der Waals surface area contributed by atoms with E-state index in [-0.39, 0.29) is 30.8 Å². The number of hydrogen-bond donors (Lipinski definition) is 2. The Morgan fingerprint density at radius 3 is 2.35 bits per heavy atom. The Bertz CT molecular complexity index is 1210. The molecular weight excluding hydrogens is 454 g/mol. The number of aliphatic carboxylic acids is 1. The van der Waals surface area contributed by atoms with Crippen LogP contribution in [0.1, 0.15) is 39.6 Å². The van der Waals surface area contributed by atoms with Crippen LogP contribution in [0.25, 0.3) is 11.1 Å². The molecule has 0 unspecified atom stereocenters. The summed E-state index contributed by atoms with van der Waals surface area (Å²) in [4.78, 5) is 41.9. The number of nitrogens with zero attached hydrogens (tertiary/aromatic N) is 2. The number of carboxylic acid groups (broad SMARTS) is 1. The number of rotatable bonds is 7. The molecule has 1 aromatic heterocycles. The quantitative estimate of drug-likeness (QED) is 0.521. The molecule has 5 rings (SSSR count). The lowest BCUT2D eigenvalue weighted by atomic mass is 9.94. The number of hydrogen-bond acceptors (Lipinski definition) is 6. The van der Waals surface area contributed by atoms with Gasteiger partial charge in [-0.2, -0.15) is 0 Å². The van der Waals surface area contributed by atoms with E-state index >= 15 is 0 Å². The standard InChI is InChI=1S/C25H23N3O5S/c29-22(30)10-9-15-12-28(13-15)23(31)21-11-26-24(34-21)27-25(32)33-14-20-18-7-3-1-5-16(18)17-6-2-4-8-19(17)20/h1-8,11,15,20H,9-10,12-14H2,(H,29,30)(H,26,27,32). The molecule has 0 atom stereocenters. The first kappa shape index (κ1) is 22.1. The highest BCUT2D eigenvalue weighted by Crippen LogP contribution is 2.44. The predicted molar refractivity (Wildman–Crippen MR) is 127 cm³/mol. The molecule has 0 radical (unpaired) electrons. The summed E-state index contributed by atoms with van der Waals surface area (Å²) in [6.07, 6.45) is 1.50. The lowest BCUT2D eigenvalue weighted by Crippen LogP contribution is -2.49. The summed E-state index contributed by atoms with van der Waals surface area (Å²) >= 11 is 1.09. The van der Waals surface area contributed by atoms with E-state index < -0.39 is 12.1 Å². The minimum Gasteiger partial charge on any atom is -0.481 e. The second-order valence-corrected chi connectivity index (χ2v) is 9.52. The van der Waals surface area contributed by atoms with Crippen molar-refractivity contribution in [2.24, 2.45) is 5.92 Å². The molecule has 1 aliphatic heterocycles. The van der Waals surface area contributed by atoms with Gasteiger partial charge in [-0.3, -0.25) is 14.9 Å². The lowest BCUT2D eigenvalue weighted by molar-refractivity contribution is -0.137. The molecule has 2 aromatic carbocycles. The summed E-state index contributed by atoms with van der Waals surface area (Å²) in [6, 6.07) is 16.2. The maximum Gasteiger partial charge on any atom is 0.413 e. The van der Waals surface area contributed by atoms with Crippen LogP contribution in [0, 0.1) is 5.92 Å². The number of carbonyl (C=O) groups is 3. The number of thiazole rings is 1. The van der Waals surface area contributed by atoms with Gasteiger partial charge >= 0.3 is 12.1 Å². The first-order chi connectivity index (χ1) is 16.5. The first-order valence-corrected chi connectivity index (χ1v) is 11.9. The van der Waals surface area contributed by atoms with Gasteiger partial charge in [-0.1, -0.05) is 59.9 Å². The number of likely N-dealkylation sites (tertiary alicyclic amines) is 1. The first-order valence-electron chi connectivity index (χ1n) is 11.1. The van der Waals surface area contributed by atoms with Crippen molar-refractivity contribution in [1.29, 1.82) is 0 Å². The Morgan fingerprint density at radius 1 is 1.06 bits per heavy atom. The molecule has 174 valence electrons. The fourth-order valence-corrected chi connectivity index (χ4v) is 5.32. The van der Waals surface area contributed by atoms with Gasteiger partial charge in [0.05, 0.1) is 6.20 Å². The van der Waals surface area contributed by atoms with E-state index in [9.17, 15) is 14.4 Å². The number of fused-ring (bicyclic) bond motifs is 3. The average molecular weight is 478 g/mol. The Labute approximate surface area is 200 Å². The van der Waals surface area contributed by atoms with Crippen molar-refractivity contribution in [3.63, 3.8) is 0 Å². The van der Waals surface area contributed by atoms with Gasteiger partial charge in [0.1, 0.15) is 11.5 Å². The number of ether oxygens (including phenoxy) is 1. The minimum absolute atomic E-state index is 0.0351. The number of amides is 2. The second kappa shape index (κ2) is 9.26. The highest BCUT2D eigenvalue weighted by atomic mass is 32.1. The van der Waals surface area contributed by atoms with Crippen LogP contribution in [0.4, 0.5) is 9.93 Å². The van der Waals surface area contributed by atoms with E-state index in [1.807, 2.05) is 24.3 Å². The highest BCUT2D eigenvalue weighted by molar-refractivity contribution is 7.17. The van der Waals surface area contributed by atoms with Gasteiger partial charge in [0.25, 0.3) is 5.91 Å². The van der Waals surface area contributed by atoms with Gasteiger partial charge in [-0.15, -0.1) is 0 Å². The third-order valence-electron chi connectivity index (χ3n) is 6.28. The number of aromatic nitrogens is 1. The van der Waals surface area contributed by atoms with Crippen molar-refractivity contribution in [3.05, 3.63) is 70.7 Å². The van der Waals surface area contributed by atoms with Crippen LogP contribution in [-0.4, -0.2) is 52.7 Å². The Morgan fingerprint density at radius 2 is 1.71 bits per heavy atom. The van der Waals surface area contributed by atoms with Gasteiger partial charge in [0.2, 0.25) is 0 Å². The molecule has 2 amide bonds. The van der Waals surface area contributed by atoms with Crippen LogP contribution in [0.5, 0.6) is 0 Å². The van der Waals surface area contributed by atoms with Gasteiger partial charge < -0.3 is 14.7 Å². The van der Waals surface area contributed by atoms with Gasteiger partial charge in [0.15, 0.2) is 5.13 Å². The van der Waals surface area contributed by atoms with E-state index in [1.54, 1.807) is 4.90 Å². The third-order valence-corrected chi connectivity index (χ3v) is 7.18. The maximum atomic E-state index is 12.6. The molecule has 0 bridgehead atoms. The number of carbonyl (C=O) groups excluding carboxylic acids is 2. The fraction of sp³-hybridized carbons (Fsp3) is 0.280. The lowest BCUT2D eigenvalue weighted by Gasteiger charge is -2.38. The molecule has 2 heterocycles. The van der Waals surface area contributed by atoms with Crippen molar-refractivity contribution in [1.82, 2.24) is 9.88 Å². The average Bonchev–Trinajstić information content (AvgIpc) is 3.39. The summed E-state index contributed by atoms with van der Waals surface area (Å²) in [5, 5.41) is 11.7. The van der Waals surface area contributed by atoms with E-state index in [2.05, 4.69) is 34.6 Å². The summed E-state index contributed by atoms with van der Waals surface area (Å²) in [7, 11) is 0. The topological polar surface area (TPSA) is 109 Å². The van der Waals surface area contributed by atoms with Crippen LogP contribution in [0.3, 0.4) is 0 Å². The number of carboxylic acids is 1. The second-order valence-electron chi connectivity index (χ2n) is 8.49.